The fourth-order valence-corrected chi connectivity index (χ4v) is 6.97. The molecule has 4 rings (SSSR count). The molecule has 104 valence electrons. The lowest BCUT2D eigenvalue weighted by atomic mass is 9.92. The van der Waals surface area contributed by atoms with Crippen LogP contribution in [0.3, 0.4) is 0 Å². The number of benzene rings is 1. The molecule has 1 aromatic heterocycles. The van der Waals surface area contributed by atoms with Gasteiger partial charge in [-0.25, -0.2) is 0 Å². The van der Waals surface area contributed by atoms with Gasteiger partial charge in [-0.05, 0) is 79.6 Å². The maximum absolute atomic E-state index is 3.97. The Hall–Kier alpha value is 0.360. The first kappa shape index (κ1) is 14.0. The molecule has 0 spiro atoms. The molecule has 0 aliphatic heterocycles. The fraction of sp³-hybridized carbons (Fsp3) is 0.375. The van der Waals surface area contributed by atoms with Gasteiger partial charge in [0.25, 0.3) is 0 Å². The summed E-state index contributed by atoms with van der Waals surface area (Å²) in [7, 11) is 0. The number of fused-ring (bicyclic) bond motifs is 3. The molecule has 1 aromatic carbocycles. The van der Waals surface area contributed by atoms with Crippen molar-refractivity contribution in [1.82, 2.24) is 0 Å². The summed E-state index contributed by atoms with van der Waals surface area (Å²) in [5, 5.41) is 0. The number of hydrogen-bond donors (Lipinski definition) is 0. The molecule has 2 aliphatic carbocycles. The van der Waals surface area contributed by atoms with Crippen LogP contribution in [0.25, 0.3) is 0 Å². The van der Waals surface area contributed by atoms with Crippen molar-refractivity contribution >= 4 is 59.1 Å². The number of alkyl halides is 1. The third-order valence-electron chi connectivity index (χ3n) is 4.66. The lowest BCUT2D eigenvalue weighted by Gasteiger charge is -2.13. The van der Waals surface area contributed by atoms with Crippen LogP contribution >= 0.6 is 59.1 Å². The van der Waals surface area contributed by atoms with E-state index in [1.165, 1.54) is 26.0 Å². The molecule has 4 unspecified atom stereocenters. The maximum atomic E-state index is 3.97. The largest absolute Gasteiger partial charge is 0.131 e. The summed E-state index contributed by atoms with van der Waals surface area (Å²) in [6.45, 7) is 0. The summed E-state index contributed by atoms with van der Waals surface area (Å²) in [5.74, 6) is 2.40. The molecule has 0 amide bonds. The topological polar surface area (TPSA) is 0 Å². The Bertz CT molecular complexity index is 644. The first-order valence-corrected chi connectivity index (χ1v) is 10.1. The summed E-state index contributed by atoms with van der Waals surface area (Å²) in [6, 6.07) is 11.3. The van der Waals surface area contributed by atoms with Crippen LogP contribution in [-0.4, -0.2) is 0 Å². The van der Waals surface area contributed by atoms with Gasteiger partial charge in [0.2, 0.25) is 0 Å². The van der Waals surface area contributed by atoms with Crippen molar-refractivity contribution in [3.05, 3.63) is 54.6 Å². The Morgan fingerprint density at radius 2 is 2.00 bits per heavy atom. The number of thiophene rings is 1. The van der Waals surface area contributed by atoms with E-state index in [0.29, 0.717) is 4.83 Å². The summed E-state index contributed by atoms with van der Waals surface area (Å²) in [5.41, 5.74) is 3.18. The smallest absolute Gasteiger partial charge is 0.0843 e. The van der Waals surface area contributed by atoms with E-state index >= 15 is 0 Å². The van der Waals surface area contributed by atoms with Crippen LogP contribution in [0.1, 0.15) is 33.2 Å². The van der Waals surface area contributed by atoms with Crippen LogP contribution in [0.5, 0.6) is 0 Å². The van der Waals surface area contributed by atoms with E-state index in [0.717, 1.165) is 17.8 Å². The van der Waals surface area contributed by atoms with E-state index in [2.05, 4.69) is 78.1 Å². The highest BCUT2D eigenvalue weighted by molar-refractivity contribution is 9.13. The molecule has 4 atom stereocenters. The van der Waals surface area contributed by atoms with Crippen molar-refractivity contribution in [2.45, 2.75) is 23.6 Å². The van der Waals surface area contributed by atoms with Crippen molar-refractivity contribution < 1.29 is 0 Å². The van der Waals surface area contributed by atoms with Gasteiger partial charge < -0.3 is 0 Å². The molecular formula is C16H13Br3S. The average molecular weight is 477 g/mol. The van der Waals surface area contributed by atoms with Gasteiger partial charge in [-0.2, -0.15) is 0 Å². The maximum Gasteiger partial charge on any atom is 0.0843 e. The number of aryl methyl sites for hydroxylation is 1. The predicted molar refractivity (Wildman–Crippen MR) is 95.9 cm³/mol. The molecule has 20 heavy (non-hydrogen) atoms. The van der Waals surface area contributed by atoms with Crippen molar-refractivity contribution in [3.63, 3.8) is 0 Å². The summed E-state index contributed by atoms with van der Waals surface area (Å²) in [4.78, 5) is 1.91. The number of rotatable bonds is 2. The average Bonchev–Trinajstić information content (AvgIpc) is 3.11. The molecule has 2 aliphatic rings. The minimum absolute atomic E-state index is 0.483. The van der Waals surface area contributed by atoms with Gasteiger partial charge in [0, 0.05) is 9.35 Å². The number of hydrogen-bond acceptors (Lipinski definition) is 1. The van der Waals surface area contributed by atoms with Crippen molar-refractivity contribution in [1.29, 1.82) is 0 Å². The first-order valence-electron chi connectivity index (χ1n) is 6.83. The Labute approximate surface area is 148 Å². The van der Waals surface area contributed by atoms with Gasteiger partial charge in [0.15, 0.2) is 0 Å². The molecule has 4 heteroatoms. The zero-order valence-corrected chi connectivity index (χ0v) is 16.2. The standard InChI is InChI=1S/C16H13Br3S/c17-11-7-12(20-16(11)19)15(18)14-10-6-5-8-3-1-2-4-9(8)13(10)14/h1-4,7,10,13-15H,5-6H2. The van der Waals surface area contributed by atoms with Crippen LogP contribution < -0.4 is 0 Å². The highest BCUT2D eigenvalue weighted by atomic mass is 79.9. The van der Waals surface area contributed by atoms with E-state index < -0.39 is 0 Å². The molecule has 0 N–H and O–H groups in total. The summed E-state index contributed by atoms with van der Waals surface area (Å²) in [6.07, 6.45) is 2.60. The van der Waals surface area contributed by atoms with Crippen LogP contribution in [0.2, 0.25) is 0 Å². The quantitative estimate of drug-likeness (QED) is 0.424. The molecule has 2 aromatic rings. The second kappa shape index (κ2) is 5.22. The van der Waals surface area contributed by atoms with Crippen LogP contribution in [0, 0.1) is 11.8 Å². The third-order valence-corrected chi connectivity index (χ3v) is 9.41. The van der Waals surface area contributed by atoms with Crippen LogP contribution in [-0.2, 0) is 6.42 Å². The van der Waals surface area contributed by atoms with Crippen LogP contribution in [0.15, 0.2) is 38.6 Å². The van der Waals surface area contributed by atoms with Crippen molar-refractivity contribution in [2.75, 3.05) is 0 Å². The molecule has 1 saturated carbocycles. The predicted octanol–water partition coefficient (Wildman–Crippen LogP) is 6.69. The van der Waals surface area contributed by atoms with Gasteiger partial charge in [0.1, 0.15) is 0 Å². The van der Waals surface area contributed by atoms with Gasteiger partial charge in [0.05, 0.1) is 8.61 Å². The van der Waals surface area contributed by atoms with Gasteiger partial charge >= 0.3 is 0 Å². The number of halogens is 3. The fourth-order valence-electron chi connectivity index (χ4n) is 3.71. The summed E-state index contributed by atoms with van der Waals surface area (Å²) < 4.78 is 2.37. The van der Waals surface area contributed by atoms with E-state index in [9.17, 15) is 0 Å². The second-order valence-electron chi connectivity index (χ2n) is 5.68. The van der Waals surface area contributed by atoms with E-state index in [-0.39, 0.29) is 0 Å². The van der Waals surface area contributed by atoms with E-state index in [1.54, 1.807) is 11.1 Å². The minimum atomic E-state index is 0.483. The van der Waals surface area contributed by atoms with Crippen molar-refractivity contribution in [3.8, 4) is 0 Å². The lowest BCUT2D eigenvalue weighted by Crippen LogP contribution is -2.00. The van der Waals surface area contributed by atoms with Gasteiger partial charge in [-0.15, -0.1) is 11.3 Å². The van der Waals surface area contributed by atoms with Crippen LogP contribution in [0.4, 0.5) is 0 Å². The monoisotopic (exact) mass is 474 g/mol. The van der Waals surface area contributed by atoms with Gasteiger partial charge in [-0.1, -0.05) is 40.2 Å². The Kier molecular flexibility index (Phi) is 3.65. The molecule has 0 radical (unpaired) electrons. The highest BCUT2D eigenvalue weighted by Crippen LogP contribution is 2.66. The molecule has 0 bridgehead atoms. The zero-order chi connectivity index (χ0) is 13.9. The molecule has 0 saturated heterocycles. The summed E-state index contributed by atoms with van der Waals surface area (Å²) >= 11 is 13.0. The normalized spacial score (nSPS) is 28.6. The molecule has 1 fully saturated rings. The molecular weight excluding hydrogens is 464 g/mol. The van der Waals surface area contributed by atoms with E-state index in [4.69, 9.17) is 0 Å². The Balaban J connectivity index is 1.63. The van der Waals surface area contributed by atoms with Crippen molar-refractivity contribution in [2.24, 2.45) is 11.8 Å². The molecule has 0 nitrogen and oxygen atoms in total. The first-order chi connectivity index (χ1) is 9.66. The SMILES string of the molecule is Brc1cc(C(Br)C2C3CCc4ccccc4C32)sc1Br. The Morgan fingerprint density at radius 1 is 1.20 bits per heavy atom. The van der Waals surface area contributed by atoms with Gasteiger partial charge in [-0.3, -0.25) is 0 Å². The minimum Gasteiger partial charge on any atom is -0.131 e. The Morgan fingerprint density at radius 3 is 2.75 bits per heavy atom. The van der Waals surface area contributed by atoms with E-state index in [1.807, 2.05) is 11.3 Å². The third kappa shape index (κ3) is 2.18. The molecule has 1 heterocycles. The lowest BCUT2D eigenvalue weighted by molar-refractivity contribution is 0.629. The second-order valence-corrected chi connectivity index (χ2v) is 9.92. The highest BCUT2D eigenvalue weighted by Gasteiger charge is 2.56. The zero-order valence-electron chi connectivity index (χ0n) is 10.7.